The first-order valence-corrected chi connectivity index (χ1v) is 7.08. The van der Waals surface area contributed by atoms with Gasteiger partial charge in [-0.3, -0.25) is 0 Å². The molecule has 17 heavy (non-hydrogen) atoms. The zero-order chi connectivity index (χ0) is 12.1. The van der Waals surface area contributed by atoms with Crippen molar-refractivity contribution >= 4 is 29.2 Å². The Morgan fingerprint density at radius 3 is 3.18 bits per heavy atom. The van der Waals surface area contributed by atoms with Crippen LogP contribution in [0.5, 0.6) is 0 Å². The van der Waals surface area contributed by atoms with E-state index in [1.165, 1.54) is 18.6 Å². The van der Waals surface area contributed by atoms with Crippen LogP contribution >= 0.6 is 23.4 Å². The molecular weight excluding hydrogens is 258 g/mol. The minimum absolute atomic E-state index is 0.382. The summed E-state index contributed by atoms with van der Waals surface area (Å²) in [6, 6.07) is 1.75. The molecule has 1 atom stereocenters. The average Bonchev–Trinajstić information content (AvgIpc) is 2.79. The first-order valence-electron chi connectivity index (χ1n) is 5.66. The van der Waals surface area contributed by atoms with E-state index < -0.39 is 0 Å². The van der Waals surface area contributed by atoms with E-state index in [1.807, 2.05) is 11.8 Å². The third-order valence-electron chi connectivity index (χ3n) is 2.55. The number of hydrogen-bond donors (Lipinski definition) is 1. The Bertz CT molecular complexity index is 372. The normalized spacial score (nSPS) is 19.5. The fraction of sp³-hybridized carbons (Fsp3) is 0.636. The minimum atomic E-state index is 0.382. The molecule has 0 amide bonds. The number of aromatic nitrogens is 2. The van der Waals surface area contributed by atoms with Crippen molar-refractivity contribution in [1.29, 1.82) is 0 Å². The lowest BCUT2D eigenvalue weighted by Gasteiger charge is -2.11. The third kappa shape index (κ3) is 4.01. The van der Waals surface area contributed by atoms with Gasteiger partial charge in [-0.25, -0.2) is 9.97 Å². The molecule has 1 unspecified atom stereocenters. The molecule has 0 saturated carbocycles. The predicted molar refractivity (Wildman–Crippen MR) is 71.7 cm³/mol. The van der Waals surface area contributed by atoms with Crippen LogP contribution in [0.4, 0.5) is 5.82 Å². The Morgan fingerprint density at radius 2 is 2.47 bits per heavy atom. The van der Waals surface area contributed by atoms with E-state index in [0.717, 1.165) is 12.4 Å². The molecule has 0 spiro atoms. The van der Waals surface area contributed by atoms with Crippen LogP contribution in [0.25, 0.3) is 0 Å². The Balaban J connectivity index is 1.94. The number of rotatable bonds is 5. The van der Waals surface area contributed by atoms with Crippen molar-refractivity contribution in [3.8, 4) is 0 Å². The molecule has 6 heteroatoms. The Hall–Kier alpha value is -0.520. The monoisotopic (exact) mass is 273 g/mol. The van der Waals surface area contributed by atoms with E-state index in [9.17, 15) is 0 Å². The summed E-state index contributed by atoms with van der Waals surface area (Å²) in [6.45, 7) is 1.32. The van der Waals surface area contributed by atoms with Crippen molar-refractivity contribution in [3.05, 3.63) is 17.0 Å². The van der Waals surface area contributed by atoms with Crippen molar-refractivity contribution in [2.24, 2.45) is 0 Å². The van der Waals surface area contributed by atoms with Crippen LogP contribution in [0.15, 0.2) is 6.07 Å². The summed E-state index contributed by atoms with van der Waals surface area (Å²) < 4.78 is 5.00. The number of nitrogens with zero attached hydrogens (tertiary/aromatic N) is 2. The lowest BCUT2D eigenvalue weighted by atomic mass is 10.2. The maximum absolute atomic E-state index is 5.93. The number of ether oxygens (including phenoxy) is 1. The van der Waals surface area contributed by atoms with Gasteiger partial charge in [0.25, 0.3) is 0 Å². The van der Waals surface area contributed by atoms with Crippen molar-refractivity contribution in [2.75, 3.05) is 24.7 Å². The highest BCUT2D eigenvalue weighted by Gasteiger charge is 2.15. The fourth-order valence-corrected chi connectivity index (χ4v) is 3.17. The van der Waals surface area contributed by atoms with Gasteiger partial charge in [-0.2, -0.15) is 11.8 Å². The number of halogens is 1. The van der Waals surface area contributed by atoms with Gasteiger partial charge in [0, 0.05) is 25.0 Å². The molecule has 1 saturated heterocycles. The summed E-state index contributed by atoms with van der Waals surface area (Å²) in [5.74, 6) is 2.66. The van der Waals surface area contributed by atoms with Gasteiger partial charge in [0.05, 0.1) is 0 Å². The van der Waals surface area contributed by atoms with Crippen LogP contribution in [-0.4, -0.2) is 34.6 Å². The molecule has 1 aliphatic heterocycles. The van der Waals surface area contributed by atoms with E-state index >= 15 is 0 Å². The lowest BCUT2D eigenvalue weighted by molar-refractivity contribution is 0.178. The molecule has 4 nitrogen and oxygen atoms in total. The van der Waals surface area contributed by atoms with Crippen LogP contribution in [-0.2, 0) is 11.3 Å². The van der Waals surface area contributed by atoms with E-state index in [2.05, 4.69) is 15.3 Å². The van der Waals surface area contributed by atoms with Gasteiger partial charge in [-0.15, -0.1) is 0 Å². The molecule has 1 aliphatic rings. The van der Waals surface area contributed by atoms with Crippen LogP contribution in [0.1, 0.15) is 18.7 Å². The molecule has 1 N–H and O–H groups in total. The first kappa shape index (κ1) is 12.9. The molecule has 0 radical (unpaired) electrons. The molecule has 1 aromatic heterocycles. The van der Waals surface area contributed by atoms with Crippen LogP contribution < -0.4 is 5.32 Å². The molecule has 0 aromatic carbocycles. The summed E-state index contributed by atoms with van der Waals surface area (Å²) in [4.78, 5) is 8.43. The second-order valence-electron chi connectivity index (χ2n) is 3.94. The van der Waals surface area contributed by atoms with Crippen molar-refractivity contribution < 1.29 is 4.74 Å². The number of hydrogen-bond acceptors (Lipinski definition) is 5. The van der Waals surface area contributed by atoms with E-state index in [1.54, 1.807) is 13.2 Å². The summed E-state index contributed by atoms with van der Waals surface area (Å²) in [5.41, 5.74) is 0. The second kappa shape index (κ2) is 6.42. The third-order valence-corrected chi connectivity index (χ3v) is 4.14. The quantitative estimate of drug-likeness (QED) is 0.836. The van der Waals surface area contributed by atoms with E-state index in [0.29, 0.717) is 22.8 Å². The van der Waals surface area contributed by atoms with Gasteiger partial charge in [-0.1, -0.05) is 11.6 Å². The minimum Gasteiger partial charge on any atom is -0.377 e. The molecule has 2 heterocycles. The number of thioether (sulfide) groups is 1. The predicted octanol–water partition coefficient (Wildman–Crippen LogP) is 2.58. The Morgan fingerprint density at radius 1 is 1.59 bits per heavy atom. The molecule has 0 bridgehead atoms. The molecule has 1 fully saturated rings. The smallest absolute Gasteiger partial charge is 0.158 e. The highest BCUT2D eigenvalue weighted by atomic mass is 35.5. The van der Waals surface area contributed by atoms with E-state index in [-0.39, 0.29) is 0 Å². The largest absolute Gasteiger partial charge is 0.377 e. The molecule has 0 aliphatic carbocycles. The summed E-state index contributed by atoms with van der Waals surface area (Å²) >= 11 is 7.95. The SMILES string of the molecule is COCc1nc(Cl)cc(NCC2CCCS2)n1. The van der Waals surface area contributed by atoms with Gasteiger partial charge in [0.1, 0.15) is 17.6 Å². The second-order valence-corrected chi connectivity index (χ2v) is 5.74. The molecule has 94 valence electrons. The summed E-state index contributed by atoms with van der Waals surface area (Å²) in [7, 11) is 1.62. The first-order chi connectivity index (χ1) is 8.28. The molecule has 2 rings (SSSR count). The van der Waals surface area contributed by atoms with Gasteiger partial charge in [0.15, 0.2) is 5.82 Å². The van der Waals surface area contributed by atoms with Crippen LogP contribution in [0.3, 0.4) is 0 Å². The van der Waals surface area contributed by atoms with Crippen LogP contribution in [0.2, 0.25) is 5.15 Å². The highest BCUT2D eigenvalue weighted by molar-refractivity contribution is 8.00. The van der Waals surface area contributed by atoms with Crippen molar-refractivity contribution in [2.45, 2.75) is 24.7 Å². The Kier molecular flexibility index (Phi) is 4.88. The molecule has 1 aromatic rings. The van der Waals surface area contributed by atoms with Gasteiger partial charge < -0.3 is 10.1 Å². The number of methoxy groups -OCH3 is 1. The lowest BCUT2D eigenvalue weighted by Crippen LogP contribution is -2.15. The zero-order valence-corrected chi connectivity index (χ0v) is 11.4. The van der Waals surface area contributed by atoms with Crippen molar-refractivity contribution in [1.82, 2.24) is 9.97 Å². The molecular formula is C11H16ClN3OS. The summed E-state index contributed by atoms with van der Waals surface area (Å²) in [6.07, 6.45) is 2.60. The standard InChI is InChI=1S/C11H16ClN3OS/c1-16-7-11-14-9(12)5-10(15-11)13-6-8-3-2-4-17-8/h5,8H,2-4,6-7H2,1H3,(H,13,14,15). The van der Waals surface area contributed by atoms with Gasteiger partial charge >= 0.3 is 0 Å². The topological polar surface area (TPSA) is 47.0 Å². The van der Waals surface area contributed by atoms with Crippen molar-refractivity contribution in [3.63, 3.8) is 0 Å². The summed E-state index contributed by atoms with van der Waals surface area (Å²) in [5, 5.41) is 4.46. The van der Waals surface area contributed by atoms with Gasteiger partial charge in [-0.05, 0) is 18.6 Å². The zero-order valence-electron chi connectivity index (χ0n) is 9.78. The maximum atomic E-state index is 5.93. The number of nitrogens with one attached hydrogen (secondary N) is 1. The maximum Gasteiger partial charge on any atom is 0.158 e. The van der Waals surface area contributed by atoms with Crippen LogP contribution in [0, 0.1) is 0 Å². The number of anilines is 1. The average molecular weight is 274 g/mol. The Labute approximate surface area is 111 Å². The van der Waals surface area contributed by atoms with E-state index in [4.69, 9.17) is 16.3 Å². The van der Waals surface area contributed by atoms with Gasteiger partial charge in [0.2, 0.25) is 0 Å². The highest BCUT2D eigenvalue weighted by Crippen LogP contribution is 2.26. The fourth-order valence-electron chi connectivity index (χ4n) is 1.77.